The van der Waals surface area contributed by atoms with Crippen LogP contribution in [0.25, 0.3) is 10.2 Å². The van der Waals surface area contributed by atoms with E-state index in [0.29, 0.717) is 22.3 Å². The number of carbonyl (C=O) groups excluding carboxylic acids is 1. The lowest BCUT2D eigenvalue weighted by Gasteiger charge is -2.27. The average Bonchev–Trinajstić information content (AvgIpc) is 3.21. The van der Waals surface area contributed by atoms with E-state index in [2.05, 4.69) is 4.90 Å². The van der Waals surface area contributed by atoms with Crippen molar-refractivity contribution in [3.8, 4) is 5.75 Å². The molecule has 0 atom stereocenters. The average molecular weight is 496 g/mol. The van der Waals surface area contributed by atoms with E-state index in [-0.39, 0.29) is 18.3 Å². The Kier molecular flexibility index (Phi) is 8.73. The molecule has 2 aromatic carbocycles. The van der Waals surface area contributed by atoms with Crippen molar-refractivity contribution in [1.29, 1.82) is 0 Å². The molecule has 2 heterocycles. The maximum atomic E-state index is 13.4. The Labute approximate surface area is 203 Å². The number of morpholine rings is 1. The number of nitrogens with zero attached hydrogens (tertiary/aromatic N) is 3. The van der Waals surface area contributed by atoms with Crippen molar-refractivity contribution in [3.63, 3.8) is 0 Å². The van der Waals surface area contributed by atoms with Crippen LogP contribution in [0.2, 0.25) is 5.02 Å². The van der Waals surface area contributed by atoms with E-state index < -0.39 is 0 Å². The Morgan fingerprint density at radius 2 is 1.97 bits per heavy atom. The van der Waals surface area contributed by atoms with Crippen LogP contribution in [0.5, 0.6) is 5.75 Å². The minimum atomic E-state index is -0.0626. The number of amides is 1. The Balaban J connectivity index is 0.00000289. The zero-order valence-corrected chi connectivity index (χ0v) is 20.6. The molecule has 0 spiro atoms. The Hall–Kier alpha value is -1.90. The van der Waals surface area contributed by atoms with Crippen LogP contribution in [0, 0.1) is 6.92 Å². The Bertz CT molecular complexity index is 1050. The molecule has 1 aromatic heterocycles. The lowest BCUT2D eigenvalue weighted by Crippen LogP contribution is -2.39. The van der Waals surface area contributed by atoms with Gasteiger partial charge in [-0.1, -0.05) is 22.9 Å². The highest BCUT2D eigenvalue weighted by Crippen LogP contribution is 2.34. The maximum Gasteiger partial charge on any atom is 0.260 e. The van der Waals surface area contributed by atoms with Crippen molar-refractivity contribution in [2.75, 3.05) is 51.4 Å². The van der Waals surface area contributed by atoms with Gasteiger partial charge in [-0.15, -0.1) is 12.4 Å². The summed E-state index contributed by atoms with van der Waals surface area (Å²) in [6.45, 7) is 6.92. The number of halogens is 2. The highest BCUT2D eigenvalue weighted by molar-refractivity contribution is 7.22. The maximum absolute atomic E-state index is 13.4. The van der Waals surface area contributed by atoms with Crippen molar-refractivity contribution in [2.45, 2.75) is 13.3 Å². The zero-order valence-electron chi connectivity index (χ0n) is 18.2. The van der Waals surface area contributed by atoms with Gasteiger partial charge in [0.1, 0.15) is 5.75 Å². The van der Waals surface area contributed by atoms with E-state index in [0.717, 1.165) is 60.8 Å². The number of aromatic nitrogens is 1. The standard InChI is InChI=1S/C23H26ClN3O3S.ClH/c1-16-14-18(24)15-20-21(16)25-23(31-20)27(9-3-8-26-10-12-30-13-11-26)22(28)17-4-6-19(29-2)7-5-17;/h4-7,14-15H,3,8-13H2,1-2H3;1H. The fourth-order valence-electron chi connectivity index (χ4n) is 3.71. The number of benzene rings is 2. The first-order chi connectivity index (χ1) is 15.0. The van der Waals surface area contributed by atoms with Crippen LogP contribution in [0.15, 0.2) is 36.4 Å². The molecule has 1 aliphatic heterocycles. The van der Waals surface area contributed by atoms with Crippen molar-refractivity contribution in [1.82, 2.24) is 9.88 Å². The summed E-state index contributed by atoms with van der Waals surface area (Å²) < 4.78 is 11.6. The summed E-state index contributed by atoms with van der Waals surface area (Å²) in [5.74, 6) is 0.660. The largest absolute Gasteiger partial charge is 0.497 e. The van der Waals surface area contributed by atoms with Gasteiger partial charge < -0.3 is 9.47 Å². The molecule has 0 unspecified atom stereocenters. The molecule has 0 saturated carbocycles. The first kappa shape index (κ1) is 24.7. The number of aryl methyl sites for hydroxylation is 1. The number of carbonyl (C=O) groups is 1. The van der Waals surface area contributed by atoms with Gasteiger partial charge in [0, 0.05) is 36.8 Å². The normalized spacial score (nSPS) is 14.2. The molecule has 1 amide bonds. The molecule has 0 aliphatic carbocycles. The summed E-state index contributed by atoms with van der Waals surface area (Å²) in [6.07, 6.45) is 0.859. The number of hydrogen-bond donors (Lipinski definition) is 0. The number of anilines is 1. The number of thiazole rings is 1. The monoisotopic (exact) mass is 495 g/mol. The highest BCUT2D eigenvalue weighted by atomic mass is 35.5. The molecule has 9 heteroatoms. The SMILES string of the molecule is COc1ccc(C(=O)N(CCCN2CCOCC2)c2nc3c(C)cc(Cl)cc3s2)cc1.Cl. The first-order valence-corrected chi connectivity index (χ1v) is 11.6. The van der Waals surface area contributed by atoms with Gasteiger partial charge in [-0.2, -0.15) is 0 Å². The van der Waals surface area contributed by atoms with E-state index >= 15 is 0 Å². The van der Waals surface area contributed by atoms with Gasteiger partial charge in [0.05, 0.1) is 30.5 Å². The second-order valence-electron chi connectivity index (χ2n) is 7.56. The molecule has 4 rings (SSSR count). The van der Waals surface area contributed by atoms with E-state index in [4.69, 9.17) is 26.1 Å². The molecule has 6 nitrogen and oxygen atoms in total. The highest BCUT2D eigenvalue weighted by Gasteiger charge is 2.22. The molecular weight excluding hydrogens is 469 g/mol. The van der Waals surface area contributed by atoms with Gasteiger partial charge in [0.2, 0.25) is 0 Å². The Morgan fingerprint density at radius 3 is 2.66 bits per heavy atom. The summed E-state index contributed by atoms with van der Waals surface area (Å²) in [4.78, 5) is 22.4. The number of methoxy groups -OCH3 is 1. The lowest BCUT2D eigenvalue weighted by molar-refractivity contribution is 0.0376. The summed E-state index contributed by atoms with van der Waals surface area (Å²) in [5.41, 5.74) is 2.52. The third kappa shape index (κ3) is 5.71. The van der Waals surface area contributed by atoms with Crippen molar-refractivity contribution in [3.05, 3.63) is 52.5 Å². The first-order valence-electron chi connectivity index (χ1n) is 10.4. The fraction of sp³-hybridized carbons (Fsp3) is 0.391. The number of hydrogen-bond acceptors (Lipinski definition) is 6. The van der Waals surface area contributed by atoms with Gasteiger partial charge in [-0.25, -0.2) is 4.98 Å². The molecule has 1 fully saturated rings. The predicted octanol–water partition coefficient (Wildman–Crippen LogP) is 5.06. The van der Waals surface area contributed by atoms with Gasteiger partial charge in [-0.05, 0) is 55.3 Å². The summed E-state index contributed by atoms with van der Waals surface area (Å²) >= 11 is 7.74. The minimum absolute atomic E-state index is 0. The number of ether oxygens (including phenoxy) is 2. The predicted molar refractivity (Wildman–Crippen MR) is 133 cm³/mol. The van der Waals surface area contributed by atoms with Crippen molar-refractivity contribution >= 4 is 56.6 Å². The van der Waals surface area contributed by atoms with E-state index in [1.54, 1.807) is 36.3 Å². The lowest BCUT2D eigenvalue weighted by atomic mass is 10.2. The summed E-state index contributed by atoms with van der Waals surface area (Å²) in [5, 5.41) is 1.38. The molecule has 0 N–H and O–H groups in total. The van der Waals surface area contributed by atoms with Crippen molar-refractivity contribution in [2.24, 2.45) is 0 Å². The van der Waals surface area contributed by atoms with Crippen LogP contribution >= 0.6 is 35.3 Å². The number of rotatable bonds is 7. The third-order valence-corrected chi connectivity index (χ3v) is 6.66. The van der Waals surface area contributed by atoms with Gasteiger partial charge in [-0.3, -0.25) is 14.6 Å². The molecule has 32 heavy (non-hydrogen) atoms. The minimum Gasteiger partial charge on any atom is -0.497 e. The van der Waals surface area contributed by atoms with Crippen molar-refractivity contribution < 1.29 is 14.3 Å². The van der Waals surface area contributed by atoms with E-state index in [1.807, 2.05) is 19.1 Å². The molecule has 1 saturated heterocycles. The quantitative estimate of drug-likeness (QED) is 0.458. The van der Waals surface area contributed by atoms with Crippen LogP contribution in [-0.2, 0) is 4.74 Å². The second-order valence-corrected chi connectivity index (χ2v) is 9.00. The number of fused-ring (bicyclic) bond motifs is 1. The van der Waals surface area contributed by atoms with Crippen LogP contribution in [0.3, 0.4) is 0 Å². The fourth-order valence-corrected chi connectivity index (χ4v) is 5.15. The van der Waals surface area contributed by atoms with Crippen LogP contribution in [0.4, 0.5) is 5.13 Å². The smallest absolute Gasteiger partial charge is 0.260 e. The van der Waals surface area contributed by atoms with Gasteiger partial charge in [0.15, 0.2) is 5.13 Å². The van der Waals surface area contributed by atoms with E-state index in [1.165, 1.54) is 11.3 Å². The van der Waals surface area contributed by atoms with Crippen LogP contribution in [-0.4, -0.2) is 62.3 Å². The molecule has 3 aromatic rings. The molecular formula is C23H27Cl2N3O3S. The third-order valence-electron chi connectivity index (χ3n) is 5.41. The van der Waals surface area contributed by atoms with Crippen LogP contribution < -0.4 is 9.64 Å². The summed E-state index contributed by atoms with van der Waals surface area (Å²) in [6, 6.07) is 11.0. The molecule has 0 radical (unpaired) electrons. The second kappa shape index (κ2) is 11.3. The molecule has 0 bridgehead atoms. The zero-order chi connectivity index (χ0) is 21.8. The molecule has 172 valence electrons. The van der Waals surface area contributed by atoms with Gasteiger partial charge in [0.25, 0.3) is 5.91 Å². The van der Waals surface area contributed by atoms with Crippen LogP contribution in [0.1, 0.15) is 22.3 Å². The molecule has 1 aliphatic rings. The van der Waals surface area contributed by atoms with Gasteiger partial charge >= 0.3 is 0 Å². The topological polar surface area (TPSA) is 54.9 Å². The summed E-state index contributed by atoms with van der Waals surface area (Å²) in [7, 11) is 1.61. The Morgan fingerprint density at radius 1 is 1.25 bits per heavy atom. The van der Waals surface area contributed by atoms with E-state index in [9.17, 15) is 4.79 Å².